The minimum Gasteiger partial charge on any atom is -0.481 e. The molecule has 2 rings (SSSR count). The van der Waals surface area contributed by atoms with Gasteiger partial charge < -0.3 is 9.84 Å². The van der Waals surface area contributed by atoms with E-state index in [0.29, 0.717) is 13.0 Å². The number of halogens is 3. The first-order chi connectivity index (χ1) is 7.39. The van der Waals surface area contributed by atoms with Crippen molar-refractivity contribution in [2.75, 3.05) is 6.61 Å². The van der Waals surface area contributed by atoms with Crippen LogP contribution in [0.2, 0.25) is 0 Å². The molecule has 3 nitrogen and oxygen atoms in total. The van der Waals surface area contributed by atoms with E-state index in [2.05, 4.69) is 0 Å². The first kappa shape index (κ1) is 11.7. The summed E-state index contributed by atoms with van der Waals surface area (Å²) in [5.74, 6) is -3.81. The third-order valence-electron chi connectivity index (χ3n) is 3.61. The van der Waals surface area contributed by atoms with Crippen molar-refractivity contribution < 1.29 is 27.8 Å². The summed E-state index contributed by atoms with van der Waals surface area (Å²) in [6.07, 6.45) is -4.67. The topological polar surface area (TPSA) is 46.5 Å². The lowest BCUT2D eigenvalue weighted by Gasteiger charge is -2.36. The van der Waals surface area contributed by atoms with E-state index in [9.17, 15) is 18.0 Å². The van der Waals surface area contributed by atoms with Gasteiger partial charge in [0.15, 0.2) is 0 Å². The highest BCUT2D eigenvalue weighted by Crippen LogP contribution is 2.46. The van der Waals surface area contributed by atoms with Crippen molar-refractivity contribution in [1.29, 1.82) is 0 Å². The molecule has 0 spiro atoms. The van der Waals surface area contributed by atoms with Crippen LogP contribution in [-0.2, 0) is 9.53 Å². The van der Waals surface area contributed by atoms with E-state index in [1.165, 1.54) is 0 Å². The molecule has 0 aromatic carbocycles. The van der Waals surface area contributed by atoms with Gasteiger partial charge >= 0.3 is 12.1 Å². The Morgan fingerprint density at radius 1 is 1.31 bits per heavy atom. The van der Waals surface area contributed by atoms with Crippen LogP contribution in [0.3, 0.4) is 0 Å². The maximum atomic E-state index is 12.6. The maximum Gasteiger partial charge on any atom is 0.391 e. The fraction of sp³-hybridized carbons (Fsp3) is 0.900. The number of ether oxygens (including phenoxy) is 1. The summed E-state index contributed by atoms with van der Waals surface area (Å²) in [7, 11) is 0. The summed E-state index contributed by atoms with van der Waals surface area (Å²) < 4.78 is 43.0. The highest BCUT2D eigenvalue weighted by Gasteiger charge is 2.52. The highest BCUT2D eigenvalue weighted by molar-refractivity contribution is 5.70. The van der Waals surface area contributed by atoms with Crippen LogP contribution in [0.25, 0.3) is 0 Å². The van der Waals surface area contributed by atoms with Gasteiger partial charge in [-0.25, -0.2) is 0 Å². The summed E-state index contributed by atoms with van der Waals surface area (Å²) in [5, 5.41) is 8.95. The van der Waals surface area contributed by atoms with Crippen LogP contribution in [0, 0.1) is 17.8 Å². The average Bonchev–Trinajstić information content (AvgIpc) is 2.61. The molecular weight excluding hydrogens is 225 g/mol. The summed E-state index contributed by atoms with van der Waals surface area (Å²) in [5.41, 5.74) is 0. The minimum atomic E-state index is -4.31. The van der Waals surface area contributed by atoms with Gasteiger partial charge in [0.2, 0.25) is 0 Å². The number of hydrogen-bond acceptors (Lipinski definition) is 2. The van der Waals surface area contributed by atoms with Crippen LogP contribution in [0.4, 0.5) is 13.2 Å². The lowest BCUT2D eigenvalue weighted by Crippen LogP contribution is -2.42. The molecule has 1 aliphatic heterocycles. The predicted molar refractivity (Wildman–Crippen MR) is 47.8 cm³/mol. The first-order valence-electron chi connectivity index (χ1n) is 5.30. The normalized spacial score (nSPS) is 39.4. The Labute approximate surface area is 90.6 Å². The Hall–Kier alpha value is -0.780. The molecule has 0 aromatic heterocycles. The minimum absolute atomic E-state index is 0.0854. The third-order valence-corrected chi connectivity index (χ3v) is 3.61. The zero-order valence-electron chi connectivity index (χ0n) is 8.54. The number of aliphatic carboxylic acids is 1. The predicted octanol–water partition coefficient (Wildman–Crippen LogP) is 2.06. The maximum absolute atomic E-state index is 12.6. The van der Waals surface area contributed by atoms with E-state index < -0.39 is 30.1 Å². The molecule has 1 N–H and O–H groups in total. The van der Waals surface area contributed by atoms with Crippen molar-refractivity contribution in [1.82, 2.24) is 0 Å². The van der Waals surface area contributed by atoms with Crippen molar-refractivity contribution >= 4 is 5.97 Å². The Morgan fingerprint density at radius 2 is 2.00 bits per heavy atom. The zero-order valence-corrected chi connectivity index (χ0v) is 8.54. The summed E-state index contributed by atoms with van der Waals surface area (Å²) in [6, 6.07) is 0. The van der Waals surface area contributed by atoms with Crippen molar-refractivity contribution in [2.45, 2.75) is 31.5 Å². The first-order valence-corrected chi connectivity index (χ1v) is 5.30. The number of carboxylic acids is 1. The van der Waals surface area contributed by atoms with Crippen molar-refractivity contribution in [3.05, 3.63) is 0 Å². The summed E-state index contributed by atoms with van der Waals surface area (Å²) in [4.78, 5) is 10.9. The average molecular weight is 238 g/mol. The second kappa shape index (κ2) is 3.91. The number of fused-ring (bicyclic) bond motifs is 1. The smallest absolute Gasteiger partial charge is 0.391 e. The molecule has 1 aliphatic carbocycles. The quantitative estimate of drug-likeness (QED) is 0.760. The molecule has 4 atom stereocenters. The van der Waals surface area contributed by atoms with Gasteiger partial charge in [0.25, 0.3) is 0 Å². The molecule has 1 saturated heterocycles. The molecule has 2 aliphatic rings. The van der Waals surface area contributed by atoms with Gasteiger partial charge in [-0.2, -0.15) is 13.2 Å². The van der Waals surface area contributed by atoms with Gasteiger partial charge in [-0.1, -0.05) is 0 Å². The molecule has 0 amide bonds. The number of rotatable bonds is 1. The van der Waals surface area contributed by atoms with Crippen molar-refractivity contribution in [2.24, 2.45) is 17.8 Å². The fourth-order valence-corrected chi connectivity index (χ4v) is 2.78. The Kier molecular flexibility index (Phi) is 2.86. The van der Waals surface area contributed by atoms with E-state index in [1.807, 2.05) is 0 Å². The molecule has 0 radical (unpaired) electrons. The molecule has 2 fully saturated rings. The fourth-order valence-electron chi connectivity index (χ4n) is 2.78. The van der Waals surface area contributed by atoms with Gasteiger partial charge in [-0.05, 0) is 19.3 Å². The van der Waals surface area contributed by atoms with Crippen LogP contribution >= 0.6 is 0 Å². The van der Waals surface area contributed by atoms with Gasteiger partial charge in [-0.3, -0.25) is 4.79 Å². The van der Waals surface area contributed by atoms with Crippen LogP contribution in [0.1, 0.15) is 19.3 Å². The molecule has 1 heterocycles. The summed E-state index contributed by atoms with van der Waals surface area (Å²) >= 11 is 0. The van der Waals surface area contributed by atoms with Gasteiger partial charge in [-0.15, -0.1) is 0 Å². The molecule has 16 heavy (non-hydrogen) atoms. The highest BCUT2D eigenvalue weighted by atomic mass is 19.4. The molecular formula is C10H13F3O3. The zero-order chi connectivity index (χ0) is 11.9. The SMILES string of the molecule is O=C(O)C1CC(C(F)(F)F)CC2OCCC21. The van der Waals surface area contributed by atoms with E-state index in [4.69, 9.17) is 9.84 Å². The molecule has 4 unspecified atom stereocenters. The Bertz CT molecular complexity index is 290. The monoisotopic (exact) mass is 238 g/mol. The second-order valence-electron chi connectivity index (χ2n) is 4.52. The van der Waals surface area contributed by atoms with Crippen molar-refractivity contribution in [3.63, 3.8) is 0 Å². The number of hydrogen-bond donors (Lipinski definition) is 1. The lowest BCUT2D eigenvalue weighted by atomic mass is 9.72. The second-order valence-corrected chi connectivity index (χ2v) is 4.52. The largest absolute Gasteiger partial charge is 0.481 e. The molecule has 1 saturated carbocycles. The third kappa shape index (κ3) is 2.03. The number of carbonyl (C=O) groups is 1. The standard InChI is InChI=1S/C10H13F3O3/c11-10(12,13)5-3-7(9(14)15)6-1-2-16-8(6)4-5/h5-8H,1-4H2,(H,14,15). The van der Waals surface area contributed by atoms with Crippen LogP contribution in [0.5, 0.6) is 0 Å². The molecule has 0 aromatic rings. The molecule has 92 valence electrons. The van der Waals surface area contributed by atoms with Gasteiger partial charge in [0.05, 0.1) is 17.9 Å². The van der Waals surface area contributed by atoms with Crippen LogP contribution in [0.15, 0.2) is 0 Å². The number of alkyl halides is 3. The van der Waals surface area contributed by atoms with Crippen LogP contribution < -0.4 is 0 Å². The van der Waals surface area contributed by atoms with Gasteiger partial charge in [0, 0.05) is 12.5 Å². The van der Waals surface area contributed by atoms with Crippen LogP contribution in [-0.4, -0.2) is 30.0 Å². The Morgan fingerprint density at radius 3 is 2.56 bits per heavy atom. The Balaban J connectivity index is 2.16. The molecule has 6 heteroatoms. The summed E-state index contributed by atoms with van der Waals surface area (Å²) in [6.45, 7) is 0.379. The van der Waals surface area contributed by atoms with E-state index in [0.717, 1.165) is 0 Å². The molecule has 0 bridgehead atoms. The lowest BCUT2D eigenvalue weighted by molar-refractivity contribution is -0.200. The number of carboxylic acid groups (broad SMARTS) is 1. The van der Waals surface area contributed by atoms with Gasteiger partial charge in [0.1, 0.15) is 0 Å². The van der Waals surface area contributed by atoms with E-state index in [-0.39, 0.29) is 18.8 Å². The van der Waals surface area contributed by atoms with E-state index in [1.54, 1.807) is 0 Å². The van der Waals surface area contributed by atoms with E-state index >= 15 is 0 Å². The van der Waals surface area contributed by atoms with Crippen molar-refractivity contribution in [3.8, 4) is 0 Å².